The predicted molar refractivity (Wildman–Crippen MR) is 162 cm³/mol. The van der Waals surface area contributed by atoms with E-state index in [0.29, 0.717) is 34.8 Å². The van der Waals surface area contributed by atoms with Crippen LogP contribution in [-0.4, -0.2) is 75.6 Å². The monoisotopic (exact) mass is 597 g/mol. The first-order chi connectivity index (χ1) is 19.9. The number of hydrogen-bond acceptors (Lipinski definition) is 9. The number of carbonyl (C=O) groups is 3. The van der Waals surface area contributed by atoms with Gasteiger partial charge < -0.3 is 30.1 Å². The lowest BCUT2D eigenvalue weighted by Gasteiger charge is -2.25. The summed E-state index contributed by atoms with van der Waals surface area (Å²) in [6.07, 6.45) is 0.197. The average molecular weight is 598 g/mol. The molecular formula is C30H39N5O6S. The van der Waals surface area contributed by atoms with Gasteiger partial charge in [0.1, 0.15) is 29.3 Å². The molecule has 0 saturated carbocycles. The van der Waals surface area contributed by atoms with Gasteiger partial charge in [0.2, 0.25) is 11.8 Å². The number of carboxylic acids is 1. The van der Waals surface area contributed by atoms with E-state index in [0.717, 1.165) is 10.5 Å². The largest absolute Gasteiger partial charge is 0.497 e. The van der Waals surface area contributed by atoms with E-state index in [1.807, 2.05) is 51.3 Å². The molecule has 1 aliphatic heterocycles. The van der Waals surface area contributed by atoms with Crippen molar-refractivity contribution in [1.29, 1.82) is 0 Å². The van der Waals surface area contributed by atoms with E-state index in [4.69, 9.17) is 14.5 Å². The first-order valence-corrected chi connectivity index (χ1v) is 15.0. The summed E-state index contributed by atoms with van der Waals surface area (Å²) in [5.41, 5.74) is 1.92. The Morgan fingerprint density at radius 2 is 1.90 bits per heavy atom. The summed E-state index contributed by atoms with van der Waals surface area (Å²) < 4.78 is 11.9. The van der Waals surface area contributed by atoms with E-state index in [9.17, 15) is 19.5 Å². The number of nitrogens with zero attached hydrogens (tertiary/aromatic N) is 3. The predicted octanol–water partition coefficient (Wildman–Crippen LogP) is 4.56. The molecule has 1 aliphatic rings. The number of rotatable bonds is 12. The number of pyridine rings is 1. The Bertz CT molecular complexity index is 1440. The van der Waals surface area contributed by atoms with E-state index in [1.165, 1.54) is 23.2 Å². The van der Waals surface area contributed by atoms with Crippen molar-refractivity contribution >= 4 is 45.2 Å². The molecule has 3 aromatic rings. The minimum atomic E-state index is -1.09. The Morgan fingerprint density at radius 1 is 1.14 bits per heavy atom. The summed E-state index contributed by atoms with van der Waals surface area (Å²) in [4.78, 5) is 48.1. The van der Waals surface area contributed by atoms with Gasteiger partial charge in [0, 0.05) is 54.7 Å². The molecule has 11 nitrogen and oxygen atoms in total. The van der Waals surface area contributed by atoms with Gasteiger partial charge in [-0.15, -0.1) is 11.3 Å². The SMILES string of the molecule is COc1ccc2c(O[C@@H]3C[C@@H](C(=O)O)N(C(=O)C[C@H](CC(C)C)NC(C)=O)C3)cc(-c3csc(NC(C)C)n3)nc2c1. The van der Waals surface area contributed by atoms with Crippen LogP contribution in [0.25, 0.3) is 22.3 Å². The normalized spacial score (nSPS) is 17.5. The molecule has 42 heavy (non-hydrogen) atoms. The zero-order chi connectivity index (χ0) is 30.6. The van der Waals surface area contributed by atoms with E-state index in [1.54, 1.807) is 13.2 Å². The van der Waals surface area contributed by atoms with Crippen LogP contribution in [0, 0.1) is 5.92 Å². The minimum Gasteiger partial charge on any atom is -0.497 e. The maximum Gasteiger partial charge on any atom is 0.326 e. The maximum absolute atomic E-state index is 13.4. The molecule has 0 aliphatic carbocycles. The van der Waals surface area contributed by atoms with E-state index >= 15 is 0 Å². The summed E-state index contributed by atoms with van der Waals surface area (Å²) in [6, 6.07) is 6.10. The van der Waals surface area contributed by atoms with Crippen LogP contribution in [0.1, 0.15) is 53.9 Å². The number of amides is 2. The third-order valence-electron chi connectivity index (χ3n) is 6.90. The van der Waals surface area contributed by atoms with E-state index in [2.05, 4.69) is 15.6 Å². The molecule has 2 aromatic heterocycles. The van der Waals surface area contributed by atoms with Crippen molar-refractivity contribution in [3.8, 4) is 22.9 Å². The lowest BCUT2D eigenvalue weighted by Crippen LogP contribution is -2.45. The van der Waals surface area contributed by atoms with E-state index < -0.39 is 18.1 Å². The Labute approximate surface area is 249 Å². The van der Waals surface area contributed by atoms with Gasteiger partial charge in [-0.3, -0.25) is 9.59 Å². The Hall–Kier alpha value is -3.93. The number of carbonyl (C=O) groups excluding carboxylic acids is 2. The van der Waals surface area contributed by atoms with Crippen molar-refractivity contribution in [2.24, 2.45) is 5.92 Å². The molecule has 226 valence electrons. The number of likely N-dealkylation sites (tertiary alicyclic amines) is 1. The van der Waals surface area contributed by atoms with Crippen molar-refractivity contribution in [2.45, 2.75) is 78.1 Å². The number of benzene rings is 1. The lowest BCUT2D eigenvalue weighted by atomic mass is 10.0. The van der Waals surface area contributed by atoms with Crippen LogP contribution < -0.4 is 20.1 Å². The number of thiazole rings is 1. The van der Waals surface area contributed by atoms with Crippen LogP contribution in [0.5, 0.6) is 11.5 Å². The molecule has 3 N–H and O–H groups in total. The van der Waals surface area contributed by atoms with Crippen molar-refractivity contribution in [2.75, 3.05) is 19.0 Å². The zero-order valence-electron chi connectivity index (χ0n) is 24.8. The third-order valence-corrected chi connectivity index (χ3v) is 7.68. The number of methoxy groups -OCH3 is 1. The molecule has 2 amide bonds. The standard InChI is InChI=1S/C30H39N5O6S/c1-16(2)9-19(32-18(5)36)10-28(37)35-14-21(12-26(35)29(38)39)41-27-13-24(25-15-42-30(34-25)31-17(3)4)33-23-11-20(40-6)7-8-22(23)27/h7-8,11,13,15-17,19,21,26H,9-10,12,14H2,1-6H3,(H,31,34)(H,32,36)(H,38,39)/t19-,21+,26-/m0/s1. The fraction of sp³-hybridized carbons (Fsp3) is 0.500. The number of hydrogen-bond donors (Lipinski definition) is 3. The molecule has 1 aromatic carbocycles. The highest BCUT2D eigenvalue weighted by atomic mass is 32.1. The summed E-state index contributed by atoms with van der Waals surface area (Å²) in [6.45, 7) is 9.62. The van der Waals surface area contributed by atoms with Gasteiger partial charge in [-0.1, -0.05) is 13.8 Å². The second kappa shape index (κ2) is 13.4. The third kappa shape index (κ3) is 7.67. The van der Waals surface area contributed by atoms with Gasteiger partial charge in [-0.05, 0) is 38.3 Å². The number of ether oxygens (including phenoxy) is 2. The molecule has 1 saturated heterocycles. The summed E-state index contributed by atoms with van der Waals surface area (Å²) in [5.74, 6) is -0.240. The maximum atomic E-state index is 13.4. The first kappa shape index (κ1) is 31.0. The van der Waals surface area contributed by atoms with Gasteiger partial charge in [0.15, 0.2) is 5.13 Å². The lowest BCUT2D eigenvalue weighted by molar-refractivity contribution is -0.148. The second-order valence-corrected chi connectivity index (χ2v) is 12.2. The number of carboxylic acid groups (broad SMARTS) is 1. The molecule has 0 spiro atoms. The zero-order valence-corrected chi connectivity index (χ0v) is 25.7. The number of aliphatic carboxylic acids is 1. The minimum absolute atomic E-state index is 0.0208. The Kier molecular flexibility index (Phi) is 9.87. The van der Waals surface area contributed by atoms with Crippen LogP contribution in [0.2, 0.25) is 0 Å². The van der Waals surface area contributed by atoms with Crippen LogP contribution in [0.4, 0.5) is 5.13 Å². The number of aromatic nitrogens is 2. The molecule has 12 heteroatoms. The van der Waals surface area contributed by atoms with Gasteiger partial charge in [-0.2, -0.15) is 0 Å². The van der Waals surface area contributed by atoms with Crippen molar-refractivity contribution in [3.05, 3.63) is 29.6 Å². The highest BCUT2D eigenvalue weighted by molar-refractivity contribution is 7.14. The molecule has 0 radical (unpaired) electrons. The molecule has 0 unspecified atom stereocenters. The van der Waals surface area contributed by atoms with Crippen LogP contribution in [0.15, 0.2) is 29.6 Å². The van der Waals surface area contributed by atoms with Crippen LogP contribution in [-0.2, 0) is 14.4 Å². The fourth-order valence-electron chi connectivity index (χ4n) is 5.19. The highest BCUT2D eigenvalue weighted by Gasteiger charge is 2.41. The van der Waals surface area contributed by atoms with Crippen LogP contribution >= 0.6 is 11.3 Å². The topological polar surface area (TPSA) is 143 Å². The van der Waals surface area contributed by atoms with Crippen molar-refractivity contribution in [1.82, 2.24) is 20.2 Å². The molecule has 1 fully saturated rings. The van der Waals surface area contributed by atoms with Gasteiger partial charge in [0.25, 0.3) is 0 Å². The summed E-state index contributed by atoms with van der Waals surface area (Å²) >= 11 is 1.48. The number of nitrogens with one attached hydrogen (secondary N) is 2. The molecule has 3 atom stereocenters. The Balaban J connectivity index is 1.61. The number of fused-ring (bicyclic) bond motifs is 1. The van der Waals surface area contributed by atoms with E-state index in [-0.39, 0.29) is 49.2 Å². The average Bonchev–Trinajstić information content (AvgIpc) is 3.54. The molecular weight excluding hydrogens is 558 g/mol. The van der Waals surface area contributed by atoms with Crippen LogP contribution in [0.3, 0.4) is 0 Å². The van der Waals surface area contributed by atoms with Crippen molar-refractivity contribution < 1.29 is 29.0 Å². The summed E-state index contributed by atoms with van der Waals surface area (Å²) in [5, 5.41) is 19.5. The second-order valence-electron chi connectivity index (χ2n) is 11.3. The van der Waals surface area contributed by atoms with Gasteiger partial charge in [-0.25, -0.2) is 14.8 Å². The van der Waals surface area contributed by atoms with Crippen molar-refractivity contribution in [3.63, 3.8) is 0 Å². The molecule has 4 rings (SSSR count). The smallest absolute Gasteiger partial charge is 0.326 e. The number of anilines is 1. The molecule has 3 heterocycles. The molecule has 0 bridgehead atoms. The fourth-order valence-corrected chi connectivity index (χ4v) is 6.04. The van der Waals surface area contributed by atoms with Gasteiger partial charge >= 0.3 is 5.97 Å². The Morgan fingerprint density at radius 3 is 2.55 bits per heavy atom. The first-order valence-electron chi connectivity index (χ1n) is 14.1. The van der Waals surface area contributed by atoms with Gasteiger partial charge in [0.05, 0.1) is 24.9 Å². The highest BCUT2D eigenvalue weighted by Crippen LogP contribution is 2.35. The summed E-state index contributed by atoms with van der Waals surface area (Å²) in [7, 11) is 1.58. The quantitative estimate of drug-likeness (QED) is 0.274.